The standard InChI is InChI=1S/C12H8Br2F2N2O2S/c1-6-10(2-3-11(14)17-6)18-21(19,20)12-8(13)4-7(15)5-9(12)16/h2-5,18H,1H3. The van der Waals surface area contributed by atoms with E-state index >= 15 is 0 Å². The summed E-state index contributed by atoms with van der Waals surface area (Å²) in [4.78, 5) is 3.37. The van der Waals surface area contributed by atoms with Gasteiger partial charge in [0.1, 0.15) is 21.1 Å². The molecule has 0 fully saturated rings. The second-order valence-electron chi connectivity index (χ2n) is 4.07. The molecular formula is C12H8Br2F2N2O2S. The first-order chi connectivity index (χ1) is 9.70. The van der Waals surface area contributed by atoms with Gasteiger partial charge in [-0.15, -0.1) is 0 Å². The van der Waals surface area contributed by atoms with E-state index in [1.54, 1.807) is 13.0 Å². The van der Waals surface area contributed by atoms with Gasteiger partial charge in [-0.1, -0.05) is 0 Å². The van der Waals surface area contributed by atoms with Crippen LogP contribution in [-0.4, -0.2) is 13.4 Å². The predicted molar refractivity (Wildman–Crippen MR) is 81.5 cm³/mol. The van der Waals surface area contributed by atoms with Gasteiger partial charge in [-0.25, -0.2) is 22.2 Å². The Hall–Kier alpha value is -1.06. The van der Waals surface area contributed by atoms with Crippen molar-refractivity contribution in [1.82, 2.24) is 4.98 Å². The van der Waals surface area contributed by atoms with Crippen LogP contribution < -0.4 is 4.72 Å². The highest BCUT2D eigenvalue weighted by molar-refractivity contribution is 9.10. The summed E-state index contributed by atoms with van der Waals surface area (Å²) in [6.45, 7) is 1.60. The molecule has 21 heavy (non-hydrogen) atoms. The van der Waals surface area contributed by atoms with Crippen LogP contribution in [0, 0.1) is 18.6 Å². The average Bonchev–Trinajstić information content (AvgIpc) is 2.30. The molecule has 0 saturated heterocycles. The zero-order chi connectivity index (χ0) is 15.8. The van der Waals surface area contributed by atoms with Gasteiger partial charge in [0.15, 0.2) is 0 Å². The Morgan fingerprint density at radius 3 is 2.43 bits per heavy atom. The van der Waals surface area contributed by atoms with Gasteiger partial charge in [0.25, 0.3) is 10.0 Å². The van der Waals surface area contributed by atoms with E-state index in [9.17, 15) is 17.2 Å². The third-order valence-electron chi connectivity index (χ3n) is 2.53. The van der Waals surface area contributed by atoms with Crippen LogP contribution in [0.5, 0.6) is 0 Å². The van der Waals surface area contributed by atoms with E-state index in [1.807, 2.05) is 0 Å². The molecule has 0 aliphatic carbocycles. The molecule has 9 heteroatoms. The van der Waals surface area contributed by atoms with E-state index in [1.165, 1.54) is 6.07 Å². The zero-order valence-electron chi connectivity index (χ0n) is 10.5. The Morgan fingerprint density at radius 1 is 1.19 bits per heavy atom. The highest BCUT2D eigenvalue weighted by atomic mass is 79.9. The second-order valence-corrected chi connectivity index (χ2v) is 7.36. The van der Waals surface area contributed by atoms with Crippen molar-refractivity contribution in [3.05, 3.63) is 50.7 Å². The minimum Gasteiger partial charge on any atom is -0.278 e. The van der Waals surface area contributed by atoms with Crippen LogP contribution in [0.4, 0.5) is 14.5 Å². The number of benzene rings is 1. The summed E-state index contributed by atoms with van der Waals surface area (Å²) in [7, 11) is -4.22. The van der Waals surface area contributed by atoms with Crippen LogP contribution in [0.15, 0.2) is 38.2 Å². The Morgan fingerprint density at radius 2 is 1.86 bits per heavy atom. The smallest absolute Gasteiger partial charge is 0.266 e. The summed E-state index contributed by atoms with van der Waals surface area (Å²) in [5, 5.41) is 0. The number of aryl methyl sites for hydroxylation is 1. The molecule has 2 aromatic rings. The van der Waals surface area contributed by atoms with Crippen LogP contribution in [0.25, 0.3) is 0 Å². The molecule has 2 rings (SSSR count). The molecule has 1 aromatic carbocycles. The van der Waals surface area contributed by atoms with Gasteiger partial charge in [0, 0.05) is 10.5 Å². The third kappa shape index (κ3) is 3.58. The van der Waals surface area contributed by atoms with E-state index in [0.29, 0.717) is 16.4 Å². The van der Waals surface area contributed by atoms with Crippen molar-refractivity contribution in [1.29, 1.82) is 0 Å². The quantitative estimate of drug-likeness (QED) is 0.732. The molecule has 0 radical (unpaired) electrons. The SMILES string of the molecule is Cc1nc(Br)ccc1NS(=O)(=O)c1c(F)cc(F)cc1Br. The molecule has 0 bridgehead atoms. The number of hydrogen-bond donors (Lipinski definition) is 1. The maximum atomic E-state index is 13.8. The van der Waals surface area contributed by atoms with E-state index < -0.39 is 26.6 Å². The fourth-order valence-corrected chi connectivity index (χ4v) is 4.30. The van der Waals surface area contributed by atoms with Crippen molar-refractivity contribution in [3.8, 4) is 0 Å². The van der Waals surface area contributed by atoms with Crippen molar-refractivity contribution < 1.29 is 17.2 Å². The number of nitrogens with one attached hydrogen (secondary N) is 1. The highest BCUT2D eigenvalue weighted by Crippen LogP contribution is 2.28. The van der Waals surface area contributed by atoms with Crippen molar-refractivity contribution in [2.75, 3.05) is 4.72 Å². The minimum atomic E-state index is -4.22. The summed E-state index contributed by atoms with van der Waals surface area (Å²) in [6, 6.07) is 4.41. The van der Waals surface area contributed by atoms with Crippen LogP contribution in [0.1, 0.15) is 5.69 Å². The second kappa shape index (κ2) is 5.98. The van der Waals surface area contributed by atoms with Gasteiger partial charge in [-0.3, -0.25) is 4.72 Å². The van der Waals surface area contributed by atoms with Gasteiger partial charge < -0.3 is 0 Å². The van der Waals surface area contributed by atoms with Crippen LogP contribution >= 0.6 is 31.9 Å². The number of rotatable bonds is 3. The third-order valence-corrected chi connectivity index (χ3v) is 5.30. The largest absolute Gasteiger partial charge is 0.278 e. The fourth-order valence-electron chi connectivity index (χ4n) is 1.62. The molecule has 1 N–H and O–H groups in total. The predicted octanol–water partition coefficient (Wildman–Crippen LogP) is 3.99. The molecule has 0 atom stereocenters. The molecule has 0 spiro atoms. The first kappa shape index (κ1) is 16.3. The van der Waals surface area contributed by atoms with Gasteiger partial charge in [-0.05, 0) is 57.0 Å². The van der Waals surface area contributed by atoms with Gasteiger partial charge >= 0.3 is 0 Å². The van der Waals surface area contributed by atoms with Crippen LogP contribution in [-0.2, 0) is 10.0 Å². The van der Waals surface area contributed by atoms with Gasteiger partial charge in [-0.2, -0.15) is 0 Å². The number of nitrogens with zero attached hydrogens (tertiary/aromatic N) is 1. The Kier molecular flexibility index (Phi) is 4.64. The molecule has 0 saturated carbocycles. The first-order valence-corrected chi connectivity index (χ1v) is 8.58. The number of halogens is 4. The van der Waals surface area contributed by atoms with Crippen LogP contribution in [0.2, 0.25) is 0 Å². The molecule has 0 aliphatic heterocycles. The number of pyridine rings is 1. The number of anilines is 1. The summed E-state index contributed by atoms with van der Waals surface area (Å²) in [5.41, 5.74) is 0.611. The lowest BCUT2D eigenvalue weighted by Crippen LogP contribution is -2.16. The lowest BCUT2D eigenvalue weighted by atomic mass is 10.3. The van der Waals surface area contributed by atoms with E-state index in [4.69, 9.17) is 0 Å². The Bertz CT molecular complexity index is 790. The van der Waals surface area contributed by atoms with Crippen molar-refractivity contribution in [3.63, 3.8) is 0 Å². The average molecular weight is 442 g/mol. The molecule has 0 amide bonds. The molecule has 1 aromatic heterocycles. The molecule has 112 valence electrons. The monoisotopic (exact) mass is 440 g/mol. The Labute approximate surface area is 136 Å². The van der Waals surface area contributed by atoms with E-state index in [0.717, 1.165) is 6.07 Å². The number of hydrogen-bond acceptors (Lipinski definition) is 3. The van der Waals surface area contributed by atoms with Gasteiger partial charge in [0.2, 0.25) is 0 Å². The Balaban J connectivity index is 2.48. The van der Waals surface area contributed by atoms with E-state index in [2.05, 4.69) is 41.6 Å². The lowest BCUT2D eigenvalue weighted by Gasteiger charge is -2.12. The van der Waals surface area contributed by atoms with Crippen molar-refractivity contribution >= 4 is 47.6 Å². The maximum absolute atomic E-state index is 13.8. The van der Waals surface area contributed by atoms with E-state index in [-0.39, 0.29) is 10.2 Å². The van der Waals surface area contributed by atoms with Crippen molar-refractivity contribution in [2.45, 2.75) is 11.8 Å². The summed E-state index contributed by atoms with van der Waals surface area (Å²) in [6.07, 6.45) is 0. The molecule has 4 nitrogen and oxygen atoms in total. The number of sulfonamides is 1. The topological polar surface area (TPSA) is 59.1 Å². The fraction of sp³-hybridized carbons (Fsp3) is 0.0833. The highest BCUT2D eigenvalue weighted by Gasteiger charge is 2.24. The normalized spacial score (nSPS) is 11.5. The minimum absolute atomic E-state index is 0.199. The molecule has 0 unspecified atom stereocenters. The lowest BCUT2D eigenvalue weighted by molar-refractivity contribution is 0.548. The first-order valence-electron chi connectivity index (χ1n) is 5.51. The molecule has 1 heterocycles. The number of aromatic nitrogens is 1. The zero-order valence-corrected chi connectivity index (χ0v) is 14.5. The summed E-state index contributed by atoms with van der Waals surface area (Å²) >= 11 is 6.01. The molecule has 0 aliphatic rings. The summed E-state index contributed by atoms with van der Waals surface area (Å²) < 4.78 is 53.9. The maximum Gasteiger partial charge on any atom is 0.266 e. The summed E-state index contributed by atoms with van der Waals surface area (Å²) in [5.74, 6) is -2.06. The molecular weight excluding hydrogens is 434 g/mol. The van der Waals surface area contributed by atoms with Crippen LogP contribution in [0.3, 0.4) is 0 Å². The van der Waals surface area contributed by atoms with Crippen molar-refractivity contribution in [2.24, 2.45) is 0 Å². The van der Waals surface area contributed by atoms with Gasteiger partial charge in [0.05, 0.1) is 11.4 Å².